The Morgan fingerprint density at radius 3 is 2.32 bits per heavy atom. The van der Waals surface area contributed by atoms with E-state index < -0.39 is 5.91 Å². The number of guanidine groups is 1. The van der Waals surface area contributed by atoms with Crippen molar-refractivity contribution in [2.24, 2.45) is 10.7 Å². The molecular formula is C22H30IN5O2S. The molecule has 0 aliphatic heterocycles. The maximum Gasteiger partial charge on any atom is 0.251 e. The minimum atomic E-state index is -0.575. The minimum absolute atomic E-state index is 0. The summed E-state index contributed by atoms with van der Waals surface area (Å²) in [6, 6.07) is 17.4. The number of carbonyl (C=O) groups is 2. The van der Waals surface area contributed by atoms with Crippen LogP contribution in [0.1, 0.15) is 29.8 Å². The van der Waals surface area contributed by atoms with Gasteiger partial charge < -0.3 is 21.7 Å². The molecule has 5 N–H and O–H groups in total. The largest absolute Gasteiger partial charge is 0.368 e. The highest BCUT2D eigenvalue weighted by Crippen LogP contribution is 2.21. The number of amides is 2. The van der Waals surface area contributed by atoms with Crippen LogP contribution in [0.4, 0.5) is 0 Å². The second-order valence-corrected chi connectivity index (χ2v) is 8.18. The summed E-state index contributed by atoms with van der Waals surface area (Å²) in [5.74, 6) is -0.153. The van der Waals surface area contributed by atoms with Crippen LogP contribution in [0.2, 0.25) is 0 Å². The van der Waals surface area contributed by atoms with Crippen LogP contribution >= 0.6 is 35.7 Å². The third-order valence-electron chi connectivity index (χ3n) is 4.04. The Labute approximate surface area is 205 Å². The standard InChI is InChI=1S/C22H29N5O2S.HI/c1-3-24-22(26-13-16(2)30-19-7-5-4-6-8-19)27-14-17-9-11-18(12-10-17)21(29)25-15-20(23)28;/h4-12,16H,3,13-15H2,1-2H3,(H2,23,28)(H,25,29)(H2,24,26,27);1H. The maximum absolute atomic E-state index is 11.9. The first kappa shape index (κ1) is 26.8. The third-order valence-corrected chi connectivity index (χ3v) is 5.15. The normalized spacial score (nSPS) is 11.7. The van der Waals surface area contributed by atoms with Gasteiger partial charge in [0, 0.05) is 28.8 Å². The zero-order valence-electron chi connectivity index (χ0n) is 17.8. The predicted molar refractivity (Wildman–Crippen MR) is 138 cm³/mol. The van der Waals surface area contributed by atoms with E-state index in [1.165, 1.54) is 4.90 Å². The van der Waals surface area contributed by atoms with Crippen molar-refractivity contribution in [2.75, 3.05) is 19.6 Å². The molecular weight excluding hydrogens is 525 g/mol. The number of nitrogens with one attached hydrogen (secondary N) is 3. The Morgan fingerprint density at radius 1 is 1.03 bits per heavy atom. The Hall–Kier alpha value is -2.27. The van der Waals surface area contributed by atoms with Gasteiger partial charge in [0.05, 0.1) is 13.1 Å². The number of thioether (sulfide) groups is 1. The lowest BCUT2D eigenvalue weighted by atomic mass is 10.1. The van der Waals surface area contributed by atoms with Crippen molar-refractivity contribution >= 4 is 53.5 Å². The van der Waals surface area contributed by atoms with Crippen molar-refractivity contribution in [3.05, 3.63) is 65.7 Å². The monoisotopic (exact) mass is 555 g/mol. The van der Waals surface area contributed by atoms with Crippen molar-refractivity contribution in [2.45, 2.75) is 30.5 Å². The van der Waals surface area contributed by atoms with Crippen molar-refractivity contribution in [1.29, 1.82) is 0 Å². The number of nitrogens with zero attached hydrogens (tertiary/aromatic N) is 1. The van der Waals surface area contributed by atoms with Crippen LogP contribution in [0.25, 0.3) is 0 Å². The molecule has 7 nitrogen and oxygen atoms in total. The highest BCUT2D eigenvalue weighted by Gasteiger charge is 2.07. The van der Waals surface area contributed by atoms with Crippen LogP contribution in [-0.4, -0.2) is 42.7 Å². The fourth-order valence-corrected chi connectivity index (χ4v) is 3.50. The van der Waals surface area contributed by atoms with Crippen LogP contribution in [-0.2, 0) is 11.3 Å². The number of halogens is 1. The first-order valence-corrected chi connectivity index (χ1v) is 10.7. The third kappa shape index (κ3) is 10.5. The molecule has 0 bridgehead atoms. The topological polar surface area (TPSA) is 109 Å². The molecule has 31 heavy (non-hydrogen) atoms. The van der Waals surface area contributed by atoms with Crippen molar-refractivity contribution < 1.29 is 9.59 Å². The van der Waals surface area contributed by atoms with Crippen LogP contribution in [0.5, 0.6) is 0 Å². The molecule has 0 spiro atoms. The second-order valence-electron chi connectivity index (χ2n) is 6.66. The van der Waals surface area contributed by atoms with Crippen LogP contribution in [0, 0.1) is 0 Å². The van der Waals surface area contributed by atoms with Crippen LogP contribution in [0.15, 0.2) is 64.5 Å². The number of hydrogen-bond donors (Lipinski definition) is 4. The van der Waals surface area contributed by atoms with Gasteiger partial charge in [-0.25, -0.2) is 4.99 Å². The molecule has 0 aromatic heterocycles. The van der Waals surface area contributed by atoms with Gasteiger partial charge in [0.1, 0.15) is 0 Å². The Balaban J connectivity index is 0.00000480. The number of carbonyl (C=O) groups excluding carboxylic acids is 2. The summed E-state index contributed by atoms with van der Waals surface area (Å²) < 4.78 is 0. The van der Waals surface area contributed by atoms with Gasteiger partial charge in [0.25, 0.3) is 5.91 Å². The first-order chi connectivity index (χ1) is 14.5. The van der Waals surface area contributed by atoms with Gasteiger partial charge in [-0.05, 0) is 36.8 Å². The summed E-state index contributed by atoms with van der Waals surface area (Å²) in [6.07, 6.45) is 0. The van der Waals surface area contributed by atoms with Crippen molar-refractivity contribution in [1.82, 2.24) is 16.0 Å². The smallest absolute Gasteiger partial charge is 0.251 e. The SMILES string of the molecule is CCNC(=NCc1ccc(C(=O)NCC(N)=O)cc1)NCC(C)Sc1ccccc1.I. The molecule has 2 aromatic carbocycles. The molecule has 1 atom stereocenters. The van der Waals surface area contributed by atoms with Gasteiger partial charge in [-0.3, -0.25) is 9.59 Å². The molecule has 9 heteroatoms. The summed E-state index contributed by atoms with van der Waals surface area (Å²) in [4.78, 5) is 28.5. The van der Waals surface area contributed by atoms with E-state index >= 15 is 0 Å². The molecule has 0 aliphatic rings. The zero-order chi connectivity index (χ0) is 21.8. The average molecular weight is 555 g/mol. The van der Waals surface area contributed by atoms with Crippen molar-refractivity contribution in [3.63, 3.8) is 0 Å². The predicted octanol–water partition coefficient (Wildman–Crippen LogP) is 2.76. The fourth-order valence-electron chi connectivity index (χ4n) is 2.56. The lowest BCUT2D eigenvalue weighted by Crippen LogP contribution is -2.40. The number of nitrogens with two attached hydrogens (primary N) is 1. The lowest BCUT2D eigenvalue weighted by Gasteiger charge is -2.15. The number of hydrogen-bond acceptors (Lipinski definition) is 4. The Bertz CT molecular complexity index is 847. The van der Waals surface area contributed by atoms with E-state index in [1.807, 2.05) is 49.0 Å². The minimum Gasteiger partial charge on any atom is -0.368 e. The molecule has 0 saturated carbocycles. The molecule has 0 radical (unpaired) electrons. The van der Waals surface area contributed by atoms with E-state index in [-0.39, 0.29) is 36.4 Å². The summed E-state index contributed by atoms with van der Waals surface area (Å²) >= 11 is 1.82. The second kappa shape index (κ2) is 14.7. The van der Waals surface area contributed by atoms with Gasteiger partial charge in [-0.2, -0.15) is 0 Å². The number of primary amides is 1. The number of rotatable bonds is 10. The molecule has 1 unspecified atom stereocenters. The zero-order valence-corrected chi connectivity index (χ0v) is 20.9. The summed E-state index contributed by atoms with van der Waals surface area (Å²) in [5.41, 5.74) is 6.49. The van der Waals surface area contributed by atoms with Gasteiger partial charge >= 0.3 is 0 Å². The van der Waals surface area contributed by atoms with Gasteiger partial charge in [0.2, 0.25) is 5.91 Å². The van der Waals surface area contributed by atoms with Crippen LogP contribution in [0.3, 0.4) is 0 Å². The lowest BCUT2D eigenvalue weighted by molar-refractivity contribution is -0.117. The molecule has 168 valence electrons. The van der Waals surface area contributed by atoms with E-state index in [0.717, 1.165) is 24.6 Å². The number of benzene rings is 2. The quantitative estimate of drug-likeness (QED) is 0.156. The molecule has 2 amide bonds. The molecule has 2 rings (SSSR count). The molecule has 0 heterocycles. The maximum atomic E-state index is 11.9. The van der Waals surface area contributed by atoms with Gasteiger partial charge in [-0.15, -0.1) is 35.7 Å². The highest BCUT2D eigenvalue weighted by atomic mass is 127. The summed E-state index contributed by atoms with van der Waals surface area (Å²) in [6.45, 7) is 6.06. The average Bonchev–Trinajstić information content (AvgIpc) is 2.75. The molecule has 0 fully saturated rings. The van der Waals surface area contributed by atoms with E-state index in [9.17, 15) is 9.59 Å². The first-order valence-electron chi connectivity index (χ1n) is 9.87. The van der Waals surface area contributed by atoms with E-state index in [0.29, 0.717) is 17.4 Å². The molecule has 0 saturated heterocycles. The van der Waals surface area contributed by atoms with Crippen molar-refractivity contribution in [3.8, 4) is 0 Å². The Kier molecular flexibility index (Phi) is 12.7. The molecule has 2 aromatic rings. The van der Waals surface area contributed by atoms with Gasteiger partial charge in [-0.1, -0.05) is 37.3 Å². The van der Waals surface area contributed by atoms with E-state index in [2.05, 4.69) is 40.0 Å². The summed E-state index contributed by atoms with van der Waals surface area (Å²) in [7, 11) is 0. The number of aliphatic imine (C=N–C) groups is 1. The fraction of sp³-hybridized carbons (Fsp3) is 0.318. The van der Waals surface area contributed by atoms with E-state index in [1.54, 1.807) is 12.1 Å². The Morgan fingerprint density at radius 2 is 1.71 bits per heavy atom. The molecule has 0 aliphatic carbocycles. The van der Waals surface area contributed by atoms with E-state index in [4.69, 9.17) is 5.73 Å². The highest BCUT2D eigenvalue weighted by molar-refractivity contribution is 14.0. The van der Waals surface area contributed by atoms with Crippen LogP contribution < -0.4 is 21.7 Å². The summed E-state index contributed by atoms with van der Waals surface area (Å²) in [5, 5.41) is 9.48. The van der Waals surface area contributed by atoms with Gasteiger partial charge in [0.15, 0.2) is 5.96 Å².